The van der Waals surface area contributed by atoms with Crippen molar-refractivity contribution in [2.45, 2.75) is 44.3 Å². The third-order valence-electron chi connectivity index (χ3n) is 5.62. The van der Waals surface area contributed by atoms with E-state index in [2.05, 4.69) is 44.2 Å². The van der Waals surface area contributed by atoms with E-state index in [0.29, 0.717) is 5.95 Å². The minimum Gasteiger partial charge on any atom is -0.323 e. The first-order valence-electron chi connectivity index (χ1n) is 11.1. The summed E-state index contributed by atoms with van der Waals surface area (Å²) in [5.41, 5.74) is 5.36. The Bertz CT molecular complexity index is 1490. The van der Waals surface area contributed by atoms with E-state index in [4.69, 9.17) is 0 Å². The van der Waals surface area contributed by atoms with Crippen LogP contribution in [0.15, 0.2) is 65.7 Å². The normalized spacial score (nSPS) is 14.5. The van der Waals surface area contributed by atoms with Gasteiger partial charge in [0.15, 0.2) is 0 Å². The van der Waals surface area contributed by atoms with Gasteiger partial charge in [-0.15, -0.1) is 5.10 Å². The van der Waals surface area contributed by atoms with E-state index in [1.807, 2.05) is 45.0 Å². The highest BCUT2D eigenvalue weighted by Gasteiger charge is 2.22. The van der Waals surface area contributed by atoms with Gasteiger partial charge in [0.25, 0.3) is 0 Å². The fraction of sp³-hybridized carbons (Fsp3) is 0.280. The van der Waals surface area contributed by atoms with Crippen molar-refractivity contribution in [1.29, 1.82) is 0 Å². The fourth-order valence-electron chi connectivity index (χ4n) is 4.23. The maximum atomic E-state index is 12.8. The molecule has 0 amide bonds. The number of nitrogens with one attached hydrogen (secondary N) is 2. The number of fused-ring (bicyclic) bond motifs is 2. The maximum Gasteiger partial charge on any atom is 0.245 e. The molecule has 3 heterocycles. The molecule has 0 unspecified atom stereocenters. The van der Waals surface area contributed by atoms with Crippen LogP contribution in [0.25, 0.3) is 16.8 Å². The molecule has 2 aromatic carbocycles. The molecule has 0 fully saturated rings. The minimum absolute atomic E-state index is 0.213. The third-order valence-corrected chi connectivity index (χ3v) is 7.38. The molecule has 0 atom stereocenters. The highest BCUT2D eigenvalue weighted by atomic mass is 32.2. The Morgan fingerprint density at radius 3 is 2.56 bits per heavy atom. The van der Waals surface area contributed by atoms with E-state index >= 15 is 0 Å². The summed E-state index contributed by atoms with van der Waals surface area (Å²) >= 11 is 0. The largest absolute Gasteiger partial charge is 0.323 e. The summed E-state index contributed by atoms with van der Waals surface area (Å²) < 4.78 is 30.2. The standard InChI is InChI=1S/C25H28N6O2S/c1-25(2,3)29-34(32,33)22-7-5-6-17(13-22)23-11-10-21-14-26-24(28-31(21)23)27-20-9-8-18-15-30(4)16-19(18)12-20/h5-14,29H,15-16H2,1-4H3,(H,27,28). The first-order chi connectivity index (χ1) is 16.1. The van der Waals surface area contributed by atoms with Gasteiger partial charge in [-0.1, -0.05) is 18.2 Å². The van der Waals surface area contributed by atoms with Crippen molar-refractivity contribution in [2.75, 3.05) is 12.4 Å². The second kappa shape index (κ2) is 8.19. The summed E-state index contributed by atoms with van der Waals surface area (Å²) in [6.45, 7) is 7.35. The van der Waals surface area contributed by atoms with Crippen LogP contribution in [0.4, 0.5) is 11.6 Å². The molecule has 0 saturated carbocycles. The number of hydrogen-bond donors (Lipinski definition) is 2. The topological polar surface area (TPSA) is 91.6 Å². The fourth-order valence-corrected chi connectivity index (χ4v) is 5.70. The molecule has 4 aromatic rings. The van der Waals surface area contributed by atoms with E-state index < -0.39 is 15.6 Å². The molecular formula is C25H28N6O2S. The van der Waals surface area contributed by atoms with Crippen LogP contribution in [0.2, 0.25) is 0 Å². The molecule has 0 radical (unpaired) electrons. The van der Waals surface area contributed by atoms with Gasteiger partial charge in [0.1, 0.15) is 0 Å². The van der Waals surface area contributed by atoms with Crippen molar-refractivity contribution >= 4 is 27.2 Å². The molecule has 34 heavy (non-hydrogen) atoms. The van der Waals surface area contributed by atoms with Crippen LogP contribution in [0.3, 0.4) is 0 Å². The van der Waals surface area contributed by atoms with Gasteiger partial charge < -0.3 is 5.32 Å². The lowest BCUT2D eigenvalue weighted by atomic mass is 10.1. The summed E-state index contributed by atoms with van der Waals surface area (Å²) in [7, 11) is -1.54. The average Bonchev–Trinajstić information content (AvgIpc) is 3.34. The Balaban J connectivity index is 1.47. The Morgan fingerprint density at radius 1 is 0.971 bits per heavy atom. The molecular weight excluding hydrogens is 448 g/mol. The number of sulfonamides is 1. The van der Waals surface area contributed by atoms with Crippen molar-refractivity contribution in [1.82, 2.24) is 24.2 Å². The zero-order valence-corrected chi connectivity index (χ0v) is 20.5. The van der Waals surface area contributed by atoms with Gasteiger partial charge in [-0.25, -0.2) is 22.6 Å². The van der Waals surface area contributed by atoms with Gasteiger partial charge in [0.2, 0.25) is 16.0 Å². The van der Waals surface area contributed by atoms with Crippen LogP contribution in [0.1, 0.15) is 31.9 Å². The molecule has 2 N–H and O–H groups in total. The van der Waals surface area contributed by atoms with E-state index in [1.165, 1.54) is 11.1 Å². The molecule has 8 nitrogen and oxygen atoms in total. The Labute approximate surface area is 199 Å². The van der Waals surface area contributed by atoms with Crippen LogP contribution in [-0.4, -0.2) is 40.5 Å². The summed E-state index contributed by atoms with van der Waals surface area (Å²) in [6.07, 6.45) is 1.75. The quantitative estimate of drug-likeness (QED) is 0.449. The van der Waals surface area contributed by atoms with E-state index in [9.17, 15) is 8.42 Å². The van der Waals surface area contributed by atoms with Crippen molar-refractivity contribution in [3.05, 3.63) is 71.9 Å². The van der Waals surface area contributed by atoms with Crippen molar-refractivity contribution in [3.8, 4) is 11.3 Å². The van der Waals surface area contributed by atoms with Gasteiger partial charge in [-0.3, -0.25) is 4.90 Å². The maximum absolute atomic E-state index is 12.8. The molecule has 0 saturated heterocycles. The molecule has 1 aliphatic heterocycles. The number of nitrogens with zero attached hydrogens (tertiary/aromatic N) is 4. The first kappa shape index (κ1) is 22.5. The van der Waals surface area contributed by atoms with Crippen LogP contribution in [0.5, 0.6) is 0 Å². The number of benzene rings is 2. The lowest BCUT2D eigenvalue weighted by Crippen LogP contribution is -2.40. The van der Waals surface area contributed by atoms with E-state index in [1.54, 1.807) is 28.9 Å². The molecule has 0 spiro atoms. The monoisotopic (exact) mass is 476 g/mol. The zero-order chi connectivity index (χ0) is 24.1. The molecule has 2 aromatic heterocycles. The molecule has 176 valence electrons. The summed E-state index contributed by atoms with van der Waals surface area (Å²) in [5, 5.41) is 7.99. The highest BCUT2D eigenvalue weighted by Crippen LogP contribution is 2.27. The second-order valence-corrected chi connectivity index (χ2v) is 11.5. The molecule has 0 aliphatic carbocycles. The molecule has 1 aliphatic rings. The van der Waals surface area contributed by atoms with Crippen LogP contribution >= 0.6 is 0 Å². The molecule has 9 heteroatoms. The number of aromatic nitrogens is 3. The Kier molecular flexibility index (Phi) is 5.43. The van der Waals surface area contributed by atoms with Crippen molar-refractivity contribution in [2.24, 2.45) is 0 Å². The zero-order valence-electron chi connectivity index (χ0n) is 19.7. The third kappa shape index (κ3) is 4.54. The first-order valence-corrected chi connectivity index (χ1v) is 12.6. The van der Waals surface area contributed by atoms with Crippen LogP contribution in [0, 0.1) is 0 Å². The highest BCUT2D eigenvalue weighted by molar-refractivity contribution is 7.89. The smallest absolute Gasteiger partial charge is 0.245 e. The van der Waals surface area contributed by atoms with Gasteiger partial charge in [-0.05, 0) is 75.3 Å². The summed E-state index contributed by atoms with van der Waals surface area (Å²) in [4.78, 5) is 6.94. The number of rotatable bonds is 5. The van der Waals surface area contributed by atoms with Gasteiger partial charge >= 0.3 is 0 Å². The molecule has 5 rings (SSSR count). The number of hydrogen-bond acceptors (Lipinski definition) is 6. The summed E-state index contributed by atoms with van der Waals surface area (Å²) in [5.74, 6) is 0.467. The number of anilines is 2. The SMILES string of the molecule is CN1Cc2ccc(Nc3ncc4ccc(-c5cccc(S(=O)(=O)NC(C)(C)C)c5)n4n3)cc2C1. The predicted octanol–water partition coefficient (Wildman–Crippen LogP) is 4.16. The Morgan fingerprint density at radius 2 is 1.76 bits per heavy atom. The summed E-state index contributed by atoms with van der Waals surface area (Å²) in [6, 6.07) is 17.0. The Hall–Kier alpha value is -3.27. The van der Waals surface area contributed by atoms with E-state index in [-0.39, 0.29) is 4.90 Å². The lowest BCUT2D eigenvalue weighted by molar-refractivity contribution is 0.353. The van der Waals surface area contributed by atoms with Crippen molar-refractivity contribution in [3.63, 3.8) is 0 Å². The second-order valence-electron chi connectivity index (χ2n) is 9.80. The van der Waals surface area contributed by atoms with Gasteiger partial charge in [0.05, 0.1) is 22.3 Å². The van der Waals surface area contributed by atoms with Crippen LogP contribution < -0.4 is 10.0 Å². The van der Waals surface area contributed by atoms with E-state index in [0.717, 1.165) is 35.6 Å². The minimum atomic E-state index is -3.65. The lowest BCUT2D eigenvalue weighted by Gasteiger charge is -2.20. The van der Waals surface area contributed by atoms with Crippen molar-refractivity contribution < 1.29 is 8.42 Å². The van der Waals surface area contributed by atoms with Crippen LogP contribution in [-0.2, 0) is 23.1 Å². The predicted molar refractivity (Wildman–Crippen MR) is 133 cm³/mol. The van der Waals surface area contributed by atoms with Gasteiger partial charge in [-0.2, -0.15) is 0 Å². The average molecular weight is 477 g/mol. The van der Waals surface area contributed by atoms with Gasteiger partial charge in [0, 0.05) is 29.9 Å². The molecule has 0 bridgehead atoms.